The number of H-pyrrole nitrogens is 1. The second kappa shape index (κ2) is 6.46. The van der Waals surface area contributed by atoms with Gasteiger partial charge in [-0.15, -0.1) is 0 Å². The van der Waals surface area contributed by atoms with Crippen LogP contribution in [0.2, 0.25) is 0 Å². The molecule has 1 heterocycles. The molecule has 1 aromatic carbocycles. The maximum absolute atomic E-state index is 11.0. The second-order valence-electron chi connectivity index (χ2n) is 4.14. The van der Waals surface area contributed by atoms with Crippen LogP contribution < -0.4 is 29.3 Å². The van der Waals surface area contributed by atoms with Gasteiger partial charge in [0.1, 0.15) is 0 Å². The summed E-state index contributed by atoms with van der Waals surface area (Å²) in [5.74, 6) is -1.67. The number of hydrogen-bond donors (Lipinski definition) is 2. The smallest absolute Gasteiger partial charge is 0.548 e. The Hall–Kier alpha value is -1.70. The van der Waals surface area contributed by atoms with Crippen molar-refractivity contribution in [2.45, 2.75) is 19.4 Å². The van der Waals surface area contributed by atoms with Crippen LogP contribution in [0.1, 0.15) is 12.5 Å². The van der Waals surface area contributed by atoms with Crippen molar-refractivity contribution in [2.75, 3.05) is 0 Å². The number of carbonyl (C=O) groups excluding carboxylic acids is 2. The Morgan fingerprint density at radius 3 is 2.68 bits per heavy atom. The van der Waals surface area contributed by atoms with E-state index < -0.39 is 12.0 Å². The van der Waals surface area contributed by atoms with E-state index in [0.29, 0.717) is 0 Å². The summed E-state index contributed by atoms with van der Waals surface area (Å²) >= 11 is 0. The molecule has 2 rings (SSSR count). The van der Waals surface area contributed by atoms with E-state index in [2.05, 4.69) is 10.3 Å². The average molecular weight is 252 g/mol. The summed E-state index contributed by atoms with van der Waals surface area (Å²) < 4.78 is 0. The Bertz CT molecular complexity index is 594. The first-order chi connectivity index (χ1) is 8.58. The fourth-order valence-electron chi connectivity index (χ4n) is 1.96. The summed E-state index contributed by atoms with van der Waals surface area (Å²) in [6.07, 6.45) is 1.95. The first-order valence-corrected chi connectivity index (χ1v) is 5.61. The van der Waals surface area contributed by atoms with Crippen molar-refractivity contribution >= 4 is 22.8 Å². The van der Waals surface area contributed by atoms with Crippen LogP contribution in [0.4, 0.5) is 0 Å². The van der Waals surface area contributed by atoms with Crippen LogP contribution in [0.3, 0.4) is 0 Å². The van der Waals surface area contributed by atoms with Crippen LogP contribution >= 0.6 is 0 Å². The molecule has 0 bridgehead atoms. The maximum atomic E-state index is 11.0. The minimum Gasteiger partial charge on any atom is -0.548 e. The van der Waals surface area contributed by atoms with Crippen LogP contribution in [-0.4, -0.2) is 22.9 Å². The Morgan fingerprint density at radius 2 is 2.05 bits per heavy atom. The molecule has 6 heteroatoms. The molecule has 1 amide bonds. The second-order valence-corrected chi connectivity index (χ2v) is 4.14. The zero-order valence-electron chi connectivity index (χ0n) is 10.9. The summed E-state index contributed by atoms with van der Waals surface area (Å²) in [5, 5.41) is 14.3. The molecule has 1 aromatic heterocycles. The van der Waals surface area contributed by atoms with Gasteiger partial charge in [-0.25, -0.2) is 0 Å². The molecule has 5 nitrogen and oxygen atoms in total. The summed E-state index contributed by atoms with van der Waals surface area (Å²) in [6.45, 7) is 1.28. The fraction of sp³-hybridized carbons (Fsp3) is 0.231. The maximum Gasteiger partial charge on any atom is 1.00 e. The number of carboxylic acids is 1. The van der Waals surface area contributed by atoms with Crippen molar-refractivity contribution in [3.05, 3.63) is 36.0 Å². The largest absolute Gasteiger partial charge is 1.00 e. The molecule has 1 unspecified atom stereocenters. The molecule has 94 valence electrons. The third kappa shape index (κ3) is 3.63. The SMILES string of the molecule is CC(=O)NC(Cc1c[nH]c2ccccc12)C(=O)[O-].[Li+]. The minimum atomic E-state index is -1.28. The number of carboxylic acid groups (broad SMARTS) is 1. The third-order valence-electron chi connectivity index (χ3n) is 2.76. The molecular weight excluding hydrogens is 239 g/mol. The molecule has 2 N–H and O–H groups in total. The fourth-order valence-corrected chi connectivity index (χ4v) is 1.96. The van der Waals surface area contributed by atoms with Gasteiger partial charge in [0.15, 0.2) is 0 Å². The molecule has 0 saturated carbocycles. The molecule has 0 spiro atoms. The van der Waals surface area contributed by atoms with Crippen molar-refractivity contribution in [3.63, 3.8) is 0 Å². The Balaban J connectivity index is 0.00000180. The van der Waals surface area contributed by atoms with Crippen molar-refractivity contribution in [1.82, 2.24) is 10.3 Å². The number of carbonyl (C=O) groups is 2. The molecular formula is C13H13LiN2O3. The first kappa shape index (κ1) is 15.4. The standard InChI is InChI=1S/C13H14N2O3.Li/c1-8(16)15-12(13(17)18)6-9-7-14-11-5-3-2-4-10(9)11;/h2-5,7,12,14H,6H2,1H3,(H,15,16)(H,17,18);/q;+1/p-1. The quantitative estimate of drug-likeness (QED) is 0.568. The van der Waals surface area contributed by atoms with Crippen LogP contribution in [-0.2, 0) is 16.0 Å². The van der Waals surface area contributed by atoms with Crippen molar-refractivity contribution in [2.24, 2.45) is 0 Å². The molecule has 0 aliphatic rings. The van der Waals surface area contributed by atoms with E-state index >= 15 is 0 Å². The molecule has 0 radical (unpaired) electrons. The van der Waals surface area contributed by atoms with Gasteiger partial charge in [-0.05, 0) is 11.6 Å². The Kier molecular flexibility index (Phi) is 5.22. The van der Waals surface area contributed by atoms with Crippen molar-refractivity contribution in [1.29, 1.82) is 0 Å². The van der Waals surface area contributed by atoms with Crippen molar-refractivity contribution in [3.8, 4) is 0 Å². The van der Waals surface area contributed by atoms with E-state index in [4.69, 9.17) is 0 Å². The molecule has 0 aliphatic heterocycles. The molecule has 1 atom stereocenters. The van der Waals surface area contributed by atoms with Gasteiger partial charge in [0.05, 0.1) is 12.0 Å². The summed E-state index contributed by atoms with van der Waals surface area (Å²) in [5.41, 5.74) is 1.78. The topological polar surface area (TPSA) is 85.0 Å². The van der Waals surface area contributed by atoms with Crippen LogP contribution in [0.15, 0.2) is 30.5 Å². The number of para-hydroxylation sites is 1. The number of aromatic amines is 1. The number of fused-ring (bicyclic) bond motifs is 1. The van der Waals surface area contributed by atoms with Gasteiger partial charge in [-0.1, -0.05) is 18.2 Å². The molecule has 2 aromatic rings. The number of aromatic nitrogens is 1. The van der Waals surface area contributed by atoms with Gasteiger partial charge in [-0.2, -0.15) is 0 Å². The number of hydrogen-bond acceptors (Lipinski definition) is 3. The predicted octanol–water partition coefficient (Wildman–Crippen LogP) is -3.03. The zero-order chi connectivity index (χ0) is 13.1. The Morgan fingerprint density at radius 1 is 1.37 bits per heavy atom. The van der Waals surface area contributed by atoms with Gasteiger partial charge >= 0.3 is 18.9 Å². The zero-order valence-corrected chi connectivity index (χ0v) is 10.9. The van der Waals surface area contributed by atoms with Gasteiger partial charge in [-0.3, -0.25) is 4.79 Å². The molecule has 0 saturated heterocycles. The molecule has 0 aliphatic carbocycles. The number of aliphatic carboxylic acids is 1. The minimum absolute atomic E-state index is 0. The van der Waals surface area contributed by atoms with Crippen LogP contribution in [0, 0.1) is 0 Å². The van der Waals surface area contributed by atoms with Gasteiger partial charge in [0.25, 0.3) is 0 Å². The number of benzene rings is 1. The monoisotopic (exact) mass is 252 g/mol. The first-order valence-electron chi connectivity index (χ1n) is 5.61. The van der Waals surface area contributed by atoms with Crippen LogP contribution in [0.5, 0.6) is 0 Å². The molecule has 19 heavy (non-hydrogen) atoms. The Labute approximate surface area is 122 Å². The number of amides is 1. The van der Waals surface area contributed by atoms with Gasteiger partial charge in [0.2, 0.25) is 5.91 Å². The van der Waals surface area contributed by atoms with E-state index in [9.17, 15) is 14.7 Å². The van der Waals surface area contributed by atoms with Gasteiger partial charge < -0.3 is 20.2 Å². The van der Waals surface area contributed by atoms with E-state index in [1.54, 1.807) is 6.20 Å². The van der Waals surface area contributed by atoms with E-state index in [1.165, 1.54) is 6.92 Å². The van der Waals surface area contributed by atoms with Crippen molar-refractivity contribution < 1.29 is 33.6 Å². The molecule has 0 fully saturated rings. The summed E-state index contributed by atoms with van der Waals surface area (Å²) in [6, 6.07) is 6.58. The summed E-state index contributed by atoms with van der Waals surface area (Å²) in [7, 11) is 0. The summed E-state index contributed by atoms with van der Waals surface area (Å²) in [4.78, 5) is 25.0. The van der Waals surface area contributed by atoms with E-state index in [-0.39, 0.29) is 31.2 Å². The number of nitrogens with one attached hydrogen (secondary N) is 2. The van der Waals surface area contributed by atoms with E-state index in [0.717, 1.165) is 16.5 Å². The van der Waals surface area contributed by atoms with Crippen LogP contribution in [0.25, 0.3) is 10.9 Å². The average Bonchev–Trinajstić information content (AvgIpc) is 2.71. The third-order valence-corrected chi connectivity index (χ3v) is 2.76. The van der Waals surface area contributed by atoms with Gasteiger partial charge in [0, 0.05) is 30.4 Å². The predicted molar refractivity (Wildman–Crippen MR) is 64.6 cm³/mol. The number of rotatable bonds is 4. The van der Waals surface area contributed by atoms with E-state index in [1.807, 2.05) is 24.3 Å². The normalized spacial score (nSPS) is 11.6.